The van der Waals surface area contributed by atoms with E-state index in [9.17, 15) is 4.39 Å². The first-order valence-electron chi connectivity index (χ1n) is 7.34. The molecule has 1 fully saturated rings. The second-order valence-electron chi connectivity index (χ2n) is 5.78. The van der Waals surface area contributed by atoms with E-state index in [1.54, 1.807) is 12.1 Å². The summed E-state index contributed by atoms with van der Waals surface area (Å²) in [5.74, 6) is -0.255. The Morgan fingerprint density at radius 1 is 1.43 bits per heavy atom. The van der Waals surface area contributed by atoms with E-state index < -0.39 is 0 Å². The lowest BCUT2D eigenvalue weighted by molar-refractivity contribution is 0.237. The normalized spacial score (nSPS) is 16.4. The number of likely N-dealkylation sites (N-methyl/N-ethyl adjacent to an activating group) is 1. The van der Waals surface area contributed by atoms with Crippen LogP contribution in [0.2, 0.25) is 0 Å². The molecule has 0 bridgehead atoms. The second-order valence-corrected chi connectivity index (χ2v) is 7.03. The van der Waals surface area contributed by atoms with Crippen LogP contribution in [0.1, 0.15) is 25.7 Å². The SMILES string of the molecule is CN(CCn1c(=S)[nH]c2cc(Br)c(F)cc21)C1CCCC1. The van der Waals surface area contributed by atoms with Crippen molar-refractivity contribution in [3.63, 3.8) is 0 Å². The number of aromatic nitrogens is 2. The quantitative estimate of drug-likeness (QED) is 0.801. The Morgan fingerprint density at radius 2 is 2.14 bits per heavy atom. The van der Waals surface area contributed by atoms with E-state index in [1.807, 2.05) is 4.57 Å². The first-order valence-corrected chi connectivity index (χ1v) is 8.54. The van der Waals surface area contributed by atoms with Gasteiger partial charge in [-0.3, -0.25) is 0 Å². The zero-order chi connectivity index (χ0) is 15.0. The first kappa shape index (κ1) is 15.2. The molecule has 0 amide bonds. The number of nitrogens with one attached hydrogen (secondary N) is 1. The summed E-state index contributed by atoms with van der Waals surface area (Å²) in [4.78, 5) is 5.56. The standard InChI is InChI=1S/C15H19BrFN3S/c1-19(10-4-2-3-5-10)6-7-20-14-9-12(17)11(16)8-13(14)18-15(20)21/h8-10H,2-7H2,1H3,(H,18,21). The fourth-order valence-electron chi connectivity index (χ4n) is 3.16. The Bertz CT molecular complexity index is 703. The molecule has 0 atom stereocenters. The van der Waals surface area contributed by atoms with E-state index in [-0.39, 0.29) is 5.82 Å². The summed E-state index contributed by atoms with van der Waals surface area (Å²) in [6.45, 7) is 1.72. The van der Waals surface area contributed by atoms with Gasteiger partial charge in [-0.1, -0.05) is 12.8 Å². The maximum absolute atomic E-state index is 13.8. The molecule has 2 aromatic rings. The van der Waals surface area contributed by atoms with E-state index in [2.05, 4.69) is 32.9 Å². The van der Waals surface area contributed by atoms with Crippen LogP contribution in [-0.2, 0) is 6.54 Å². The number of benzene rings is 1. The van der Waals surface area contributed by atoms with Gasteiger partial charge in [-0.25, -0.2) is 4.39 Å². The van der Waals surface area contributed by atoms with Crippen molar-refractivity contribution >= 4 is 39.2 Å². The molecule has 0 saturated heterocycles. The highest BCUT2D eigenvalue weighted by atomic mass is 79.9. The number of rotatable bonds is 4. The van der Waals surface area contributed by atoms with Crippen LogP contribution in [0.3, 0.4) is 0 Å². The summed E-state index contributed by atoms with van der Waals surface area (Å²) in [5, 5.41) is 0. The minimum atomic E-state index is -0.255. The van der Waals surface area contributed by atoms with Crippen LogP contribution in [0.4, 0.5) is 4.39 Å². The zero-order valence-electron chi connectivity index (χ0n) is 12.0. The Morgan fingerprint density at radius 3 is 2.86 bits per heavy atom. The van der Waals surface area contributed by atoms with Crippen molar-refractivity contribution in [2.75, 3.05) is 13.6 Å². The van der Waals surface area contributed by atoms with E-state index in [0.717, 1.165) is 24.1 Å². The van der Waals surface area contributed by atoms with Gasteiger partial charge in [0.25, 0.3) is 0 Å². The van der Waals surface area contributed by atoms with Gasteiger partial charge >= 0.3 is 0 Å². The van der Waals surface area contributed by atoms with Crippen LogP contribution in [0.5, 0.6) is 0 Å². The van der Waals surface area contributed by atoms with Gasteiger partial charge in [0.1, 0.15) is 5.82 Å². The molecule has 1 aliphatic rings. The van der Waals surface area contributed by atoms with E-state index in [1.165, 1.54) is 25.7 Å². The Kier molecular flexibility index (Phi) is 4.47. The van der Waals surface area contributed by atoms with Gasteiger partial charge < -0.3 is 14.5 Å². The molecule has 114 valence electrons. The summed E-state index contributed by atoms with van der Waals surface area (Å²) >= 11 is 8.59. The summed E-state index contributed by atoms with van der Waals surface area (Å²) in [6, 6.07) is 3.98. The number of aromatic amines is 1. The van der Waals surface area contributed by atoms with Gasteiger partial charge in [-0.2, -0.15) is 0 Å². The highest BCUT2D eigenvalue weighted by molar-refractivity contribution is 9.10. The van der Waals surface area contributed by atoms with Crippen molar-refractivity contribution < 1.29 is 4.39 Å². The molecule has 1 N–H and O–H groups in total. The second kappa shape index (κ2) is 6.18. The maximum atomic E-state index is 13.8. The number of imidazole rings is 1. The lowest BCUT2D eigenvalue weighted by atomic mass is 10.2. The topological polar surface area (TPSA) is 24.0 Å². The van der Waals surface area contributed by atoms with Crippen LogP contribution in [0.25, 0.3) is 11.0 Å². The van der Waals surface area contributed by atoms with Crippen molar-refractivity contribution in [2.45, 2.75) is 38.3 Å². The van der Waals surface area contributed by atoms with Crippen molar-refractivity contribution in [1.82, 2.24) is 14.5 Å². The van der Waals surface area contributed by atoms with Gasteiger partial charge in [0.15, 0.2) is 4.77 Å². The summed E-state index contributed by atoms with van der Waals surface area (Å²) in [6.07, 6.45) is 5.25. The Balaban J connectivity index is 1.81. The number of hydrogen-bond donors (Lipinski definition) is 1. The van der Waals surface area contributed by atoms with E-state index in [4.69, 9.17) is 12.2 Å². The van der Waals surface area contributed by atoms with Crippen molar-refractivity contribution in [2.24, 2.45) is 0 Å². The van der Waals surface area contributed by atoms with E-state index in [0.29, 0.717) is 15.3 Å². The zero-order valence-corrected chi connectivity index (χ0v) is 14.4. The fourth-order valence-corrected chi connectivity index (χ4v) is 3.80. The molecule has 6 heteroatoms. The fraction of sp³-hybridized carbons (Fsp3) is 0.533. The highest BCUT2D eigenvalue weighted by Gasteiger charge is 2.19. The third kappa shape index (κ3) is 3.07. The molecule has 1 heterocycles. The van der Waals surface area contributed by atoms with Gasteiger partial charge in [0.2, 0.25) is 0 Å². The van der Waals surface area contributed by atoms with Crippen LogP contribution >= 0.6 is 28.1 Å². The molecule has 0 aliphatic heterocycles. The molecule has 0 spiro atoms. The van der Waals surface area contributed by atoms with Crippen LogP contribution in [-0.4, -0.2) is 34.1 Å². The van der Waals surface area contributed by atoms with Crippen molar-refractivity contribution in [3.05, 3.63) is 27.2 Å². The van der Waals surface area contributed by atoms with Gasteiger partial charge in [0.05, 0.1) is 15.5 Å². The third-order valence-corrected chi connectivity index (χ3v) is 5.37. The molecule has 1 aromatic carbocycles. The molecule has 0 radical (unpaired) electrons. The minimum Gasteiger partial charge on any atom is -0.331 e. The number of H-pyrrole nitrogens is 1. The summed E-state index contributed by atoms with van der Waals surface area (Å²) < 4.78 is 16.9. The third-order valence-electron chi connectivity index (χ3n) is 4.44. The lowest BCUT2D eigenvalue weighted by Gasteiger charge is -2.24. The average Bonchev–Trinajstić information content (AvgIpc) is 3.06. The molecule has 1 saturated carbocycles. The van der Waals surface area contributed by atoms with Crippen LogP contribution < -0.4 is 0 Å². The van der Waals surface area contributed by atoms with Crippen molar-refractivity contribution in [1.29, 1.82) is 0 Å². The predicted octanol–water partition coefficient (Wildman–Crippen LogP) is 4.47. The molecular weight excluding hydrogens is 353 g/mol. The lowest BCUT2D eigenvalue weighted by Crippen LogP contribution is -2.32. The van der Waals surface area contributed by atoms with Crippen molar-refractivity contribution in [3.8, 4) is 0 Å². The van der Waals surface area contributed by atoms with Gasteiger partial charge in [-0.15, -0.1) is 0 Å². The highest BCUT2D eigenvalue weighted by Crippen LogP contribution is 2.24. The van der Waals surface area contributed by atoms with E-state index >= 15 is 0 Å². The van der Waals surface area contributed by atoms with Gasteiger partial charge in [0, 0.05) is 25.2 Å². The Labute approximate surface area is 137 Å². The summed E-state index contributed by atoms with van der Waals surface area (Å²) in [5.41, 5.74) is 1.71. The summed E-state index contributed by atoms with van der Waals surface area (Å²) in [7, 11) is 2.17. The molecular formula is C15H19BrFN3S. The molecule has 3 nitrogen and oxygen atoms in total. The monoisotopic (exact) mass is 371 g/mol. The Hall–Kier alpha value is -0.720. The van der Waals surface area contributed by atoms with Crippen LogP contribution in [0.15, 0.2) is 16.6 Å². The molecule has 0 unspecified atom stereocenters. The molecule has 21 heavy (non-hydrogen) atoms. The van der Waals surface area contributed by atoms with Gasteiger partial charge in [-0.05, 0) is 54.1 Å². The first-order chi connectivity index (χ1) is 10.1. The maximum Gasteiger partial charge on any atom is 0.178 e. The largest absolute Gasteiger partial charge is 0.331 e. The number of halogens is 2. The molecule has 1 aromatic heterocycles. The number of nitrogens with zero attached hydrogens (tertiary/aromatic N) is 2. The molecule has 1 aliphatic carbocycles. The minimum absolute atomic E-state index is 0.255. The number of hydrogen-bond acceptors (Lipinski definition) is 2. The molecule has 3 rings (SSSR count). The smallest absolute Gasteiger partial charge is 0.178 e. The number of fused-ring (bicyclic) bond motifs is 1. The average molecular weight is 372 g/mol. The predicted molar refractivity (Wildman–Crippen MR) is 89.7 cm³/mol. The van der Waals surface area contributed by atoms with Crippen LogP contribution in [0, 0.1) is 10.6 Å².